The lowest BCUT2D eigenvalue weighted by Gasteiger charge is -2.63. The standard InChI is InChI=1S/C34H52N2O4/c1-20-17-21(27(30(4,5)38)40-28-35-15-8-16-36-28)39-22-18-32(7)24-10-9-23-29(2,3)25(37)11-12-33(23)19-34(24,33)14-13-31(32,6)26(20)22/h8,15-16,20-27,37-38H,9-14,17-19H2,1-7H3/t20-,21?,22?,23?,24?,25?,26?,27?,31?,32?,33?,34?/m1/s1. The van der Waals surface area contributed by atoms with Crippen LogP contribution in [0.1, 0.15) is 106 Å². The van der Waals surface area contributed by atoms with E-state index in [2.05, 4.69) is 44.6 Å². The van der Waals surface area contributed by atoms with Crippen LogP contribution >= 0.6 is 0 Å². The molecular weight excluding hydrogens is 500 g/mol. The molecule has 2 N–H and O–H groups in total. The zero-order valence-corrected chi connectivity index (χ0v) is 25.8. The molecule has 2 spiro atoms. The third-order valence-electron chi connectivity index (χ3n) is 14.5. The largest absolute Gasteiger partial charge is 0.454 e. The second-order valence-electron chi connectivity index (χ2n) is 16.8. The van der Waals surface area contributed by atoms with Crippen LogP contribution in [0, 0.1) is 50.7 Å². The van der Waals surface area contributed by atoms with Gasteiger partial charge in [-0.3, -0.25) is 0 Å². The highest BCUT2D eigenvalue weighted by Crippen LogP contribution is 2.89. The number of aromatic nitrogens is 2. The Morgan fingerprint density at radius 1 is 0.975 bits per heavy atom. The number of hydrogen-bond acceptors (Lipinski definition) is 6. The molecule has 6 nitrogen and oxygen atoms in total. The van der Waals surface area contributed by atoms with Gasteiger partial charge in [-0.1, -0.05) is 34.6 Å². The van der Waals surface area contributed by atoms with Crippen LogP contribution in [0.4, 0.5) is 0 Å². The van der Waals surface area contributed by atoms with Crippen molar-refractivity contribution >= 4 is 0 Å². The van der Waals surface area contributed by atoms with Gasteiger partial charge in [0, 0.05) is 12.4 Å². The Morgan fingerprint density at radius 2 is 1.65 bits per heavy atom. The van der Waals surface area contributed by atoms with E-state index in [9.17, 15) is 10.2 Å². The normalized spacial score (nSPS) is 51.4. The van der Waals surface area contributed by atoms with Gasteiger partial charge in [0.15, 0.2) is 6.10 Å². The number of ether oxygens (including phenoxy) is 2. The van der Waals surface area contributed by atoms with E-state index in [4.69, 9.17) is 9.47 Å². The maximum absolute atomic E-state index is 11.2. The van der Waals surface area contributed by atoms with Gasteiger partial charge in [0.05, 0.1) is 23.9 Å². The summed E-state index contributed by atoms with van der Waals surface area (Å²) in [7, 11) is 0. The molecule has 0 aromatic carbocycles. The van der Waals surface area contributed by atoms with Crippen LogP contribution in [-0.2, 0) is 4.74 Å². The fourth-order valence-electron chi connectivity index (χ4n) is 12.7. The van der Waals surface area contributed by atoms with Crippen molar-refractivity contribution in [3.63, 3.8) is 0 Å². The quantitative estimate of drug-likeness (QED) is 0.463. The van der Waals surface area contributed by atoms with Crippen molar-refractivity contribution in [2.75, 3.05) is 0 Å². The van der Waals surface area contributed by atoms with Gasteiger partial charge in [-0.2, -0.15) is 0 Å². The molecule has 5 saturated carbocycles. The molecule has 0 radical (unpaired) electrons. The molecule has 11 unspecified atom stereocenters. The monoisotopic (exact) mass is 552 g/mol. The third-order valence-corrected chi connectivity index (χ3v) is 14.5. The molecule has 222 valence electrons. The van der Waals surface area contributed by atoms with Gasteiger partial charge in [0.1, 0.15) is 0 Å². The SMILES string of the molecule is C[C@@H]1CC(C(Oc2ncccn2)C(C)(C)O)OC2CC3(C)C4CCC5C(C)(C)C(O)CCC56CC46CCC3(C)C21. The summed E-state index contributed by atoms with van der Waals surface area (Å²) < 4.78 is 13.3. The summed E-state index contributed by atoms with van der Waals surface area (Å²) in [6.07, 6.45) is 13.4. The highest BCUT2D eigenvalue weighted by molar-refractivity contribution is 5.31. The summed E-state index contributed by atoms with van der Waals surface area (Å²) >= 11 is 0. The average Bonchev–Trinajstić information content (AvgIpc) is 3.48. The minimum Gasteiger partial charge on any atom is -0.454 e. The second-order valence-corrected chi connectivity index (χ2v) is 16.8. The summed E-state index contributed by atoms with van der Waals surface area (Å²) in [5.41, 5.74) is 0.342. The summed E-state index contributed by atoms with van der Waals surface area (Å²) in [4.78, 5) is 8.56. The highest BCUT2D eigenvalue weighted by Gasteiger charge is 2.83. The molecule has 1 saturated heterocycles. The molecule has 2 heterocycles. The van der Waals surface area contributed by atoms with Crippen LogP contribution in [0.2, 0.25) is 0 Å². The minimum atomic E-state index is -1.09. The van der Waals surface area contributed by atoms with Crippen molar-refractivity contribution in [2.24, 2.45) is 50.7 Å². The van der Waals surface area contributed by atoms with Gasteiger partial charge in [-0.25, -0.2) is 9.97 Å². The zero-order chi connectivity index (χ0) is 28.5. The molecule has 5 aliphatic carbocycles. The molecule has 0 bridgehead atoms. The molecule has 6 heteroatoms. The lowest BCUT2D eigenvalue weighted by atomic mass is 9.41. The van der Waals surface area contributed by atoms with E-state index in [0.717, 1.165) is 25.2 Å². The number of aliphatic hydroxyl groups excluding tert-OH is 1. The second kappa shape index (κ2) is 8.44. The van der Waals surface area contributed by atoms with Gasteiger partial charge < -0.3 is 19.7 Å². The van der Waals surface area contributed by atoms with Crippen molar-refractivity contribution in [2.45, 2.75) is 136 Å². The van der Waals surface area contributed by atoms with E-state index in [0.29, 0.717) is 34.6 Å². The van der Waals surface area contributed by atoms with Gasteiger partial charge >= 0.3 is 6.01 Å². The smallest absolute Gasteiger partial charge is 0.316 e. The first kappa shape index (κ1) is 27.6. The van der Waals surface area contributed by atoms with Crippen LogP contribution in [-0.4, -0.2) is 50.2 Å². The molecule has 0 amide bonds. The Morgan fingerprint density at radius 3 is 2.35 bits per heavy atom. The Balaban J connectivity index is 1.18. The first-order valence-corrected chi connectivity index (χ1v) is 16.2. The van der Waals surface area contributed by atoms with E-state index in [1.807, 2.05) is 13.8 Å². The first-order valence-electron chi connectivity index (χ1n) is 16.2. The molecule has 7 rings (SSSR count). The van der Waals surface area contributed by atoms with Gasteiger partial charge in [0.2, 0.25) is 0 Å². The number of aliphatic hydroxyl groups is 2. The number of hydrogen-bond donors (Lipinski definition) is 2. The van der Waals surface area contributed by atoms with E-state index >= 15 is 0 Å². The van der Waals surface area contributed by atoms with Crippen LogP contribution in [0.15, 0.2) is 18.5 Å². The van der Waals surface area contributed by atoms with E-state index in [-0.39, 0.29) is 34.6 Å². The van der Waals surface area contributed by atoms with Crippen LogP contribution in [0.3, 0.4) is 0 Å². The van der Waals surface area contributed by atoms with Crippen LogP contribution in [0.5, 0.6) is 6.01 Å². The molecule has 6 fully saturated rings. The highest BCUT2D eigenvalue weighted by atomic mass is 16.6. The molecule has 1 aromatic heterocycles. The molecule has 6 aliphatic rings. The maximum Gasteiger partial charge on any atom is 0.316 e. The summed E-state index contributed by atoms with van der Waals surface area (Å²) in [6.45, 7) is 16.0. The summed E-state index contributed by atoms with van der Waals surface area (Å²) in [5, 5.41) is 22.2. The van der Waals surface area contributed by atoms with Crippen LogP contribution in [0.25, 0.3) is 0 Å². The van der Waals surface area contributed by atoms with Gasteiger partial charge in [-0.05, 0) is 128 Å². The van der Waals surface area contributed by atoms with E-state index in [1.54, 1.807) is 18.5 Å². The molecule has 40 heavy (non-hydrogen) atoms. The Labute approximate surface area is 241 Å². The molecule has 1 aliphatic heterocycles. The van der Waals surface area contributed by atoms with E-state index in [1.165, 1.54) is 38.5 Å². The topological polar surface area (TPSA) is 84.7 Å². The molecule has 1 aromatic rings. The molecule has 12 atom stereocenters. The summed E-state index contributed by atoms with van der Waals surface area (Å²) in [5.74, 6) is 2.41. The Kier molecular flexibility index (Phi) is 5.82. The third kappa shape index (κ3) is 3.39. The van der Waals surface area contributed by atoms with Crippen molar-refractivity contribution in [3.8, 4) is 6.01 Å². The Hall–Kier alpha value is -1.24. The average molecular weight is 553 g/mol. The number of rotatable bonds is 4. The number of nitrogens with zero attached hydrogens (tertiary/aromatic N) is 2. The van der Waals surface area contributed by atoms with Crippen LogP contribution < -0.4 is 4.74 Å². The molecular formula is C34H52N2O4. The van der Waals surface area contributed by atoms with E-state index < -0.39 is 11.7 Å². The predicted octanol–water partition coefficient (Wildman–Crippen LogP) is 6.20. The zero-order valence-electron chi connectivity index (χ0n) is 25.8. The summed E-state index contributed by atoms with van der Waals surface area (Å²) in [6, 6.07) is 2.07. The van der Waals surface area contributed by atoms with Crippen molar-refractivity contribution in [1.82, 2.24) is 9.97 Å². The van der Waals surface area contributed by atoms with Crippen molar-refractivity contribution in [3.05, 3.63) is 18.5 Å². The first-order chi connectivity index (χ1) is 18.7. The van der Waals surface area contributed by atoms with Gasteiger partial charge in [0.25, 0.3) is 0 Å². The predicted molar refractivity (Wildman–Crippen MR) is 153 cm³/mol. The fourth-order valence-corrected chi connectivity index (χ4v) is 12.7. The van der Waals surface area contributed by atoms with Crippen molar-refractivity contribution in [1.29, 1.82) is 0 Å². The fraction of sp³-hybridized carbons (Fsp3) is 0.882. The lowest BCUT2D eigenvalue weighted by molar-refractivity contribution is -0.188. The van der Waals surface area contributed by atoms with Crippen molar-refractivity contribution < 1.29 is 19.7 Å². The maximum atomic E-state index is 11.2. The number of fused-ring (bicyclic) bond motifs is 4. The minimum absolute atomic E-state index is 0.0253. The Bertz CT molecular complexity index is 1150. The lowest BCUT2D eigenvalue weighted by Crippen LogP contribution is -2.58. The van der Waals surface area contributed by atoms with Gasteiger partial charge in [-0.15, -0.1) is 0 Å².